The van der Waals surface area contributed by atoms with Gasteiger partial charge >= 0.3 is 0 Å². The summed E-state index contributed by atoms with van der Waals surface area (Å²) in [5, 5.41) is 0.412. The van der Waals surface area contributed by atoms with Gasteiger partial charge in [-0.2, -0.15) is 0 Å². The minimum Gasteiger partial charge on any atom is -0.368 e. The first-order chi connectivity index (χ1) is 18.3. The molecule has 0 saturated carbocycles. The molecule has 198 valence electrons. The van der Waals surface area contributed by atoms with E-state index in [9.17, 15) is 18.4 Å². The predicted octanol–water partition coefficient (Wildman–Crippen LogP) is 5.20. The minimum absolute atomic E-state index is 0.206. The van der Waals surface area contributed by atoms with Crippen LogP contribution >= 0.6 is 23.2 Å². The van der Waals surface area contributed by atoms with Crippen molar-refractivity contribution < 1.29 is 18.4 Å². The van der Waals surface area contributed by atoms with E-state index in [1.54, 1.807) is 34.1 Å². The maximum absolute atomic E-state index is 13.6. The lowest BCUT2D eigenvalue weighted by molar-refractivity contribution is 0.0707. The molecular weight excluding hydrogens is 533 g/mol. The third-order valence-electron chi connectivity index (χ3n) is 7.04. The van der Waals surface area contributed by atoms with Gasteiger partial charge in [0.05, 0.1) is 21.2 Å². The van der Waals surface area contributed by atoms with Crippen LogP contribution in [0.5, 0.6) is 0 Å². The van der Waals surface area contributed by atoms with Crippen LogP contribution in [0.3, 0.4) is 0 Å². The lowest BCUT2D eigenvalue weighted by Crippen LogP contribution is -2.50. The average molecular weight is 559 g/mol. The van der Waals surface area contributed by atoms with E-state index < -0.39 is 0 Å². The van der Waals surface area contributed by atoms with Crippen molar-refractivity contribution in [2.75, 3.05) is 62.2 Å². The molecule has 10 heteroatoms. The second-order valence-electron chi connectivity index (χ2n) is 9.32. The third kappa shape index (κ3) is 5.56. The Kier molecular flexibility index (Phi) is 7.72. The number of amides is 2. The first kappa shape index (κ1) is 26.3. The summed E-state index contributed by atoms with van der Waals surface area (Å²) in [7, 11) is 0. The van der Waals surface area contributed by atoms with Crippen LogP contribution in [0.1, 0.15) is 20.7 Å². The van der Waals surface area contributed by atoms with E-state index in [0.717, 1.165) is 11.4 Å². The number of halogens is 4. The highest BCUT2D eigenvalue weighted by atomic mass is 35.5. The summed E-state index contributed by atoms with van der Waals surface area (Å²) in [6, 6.07) is 15.5. The van der Waals surface area contributed by atoms with Crippen molar-refractivity contribution in [2.24, 2.45) is 0 Å². The Morgan fingerprint density at radius 1 is 0.553 bits per heavy atom. The maximum atomic E-state index is 13.6. The van der Waals surface area contributed by atoms with E-state index in [-0.39, 0.29) is 44.6 Å². The largest absolute Gasteiger partial charge is 0.368 e. The normalized spacial score (nSPS) is 16.1. The van der Waals surface area contributed by atoms with Crippen molar-refractivity contribution in [1.29, 1.82) is 0 Å². The number of rotatable bonds is 4. The van der Waals surface area contributed by atoms with Crippen LogP contribution in [0.25, 0.3) is 0 Å². The molecule has 2 aliphatic rings. The second kappa shape index (κ2) is 11.2. The lowest BCUT2D eigenvalue weighted by atomic mass is 10.0. The van der Waals surface area contributed by atoms with Crippen LogP contribution in [-0.4, -0.2) is 74.0 Å². The highest BCUT2D eigenvalue weighted by Crippen LogP contribution is 2.29. The van der Waals surface area contributed by atoms with Gasteiger partial charge in [0, 0.05) is 63.7 Å². The second-order valence-corrected chi connectivity index (χ2v) is 10.1. The number of hydrogen-bond acceptors (Lipinski definition) is 4. The van der Waals surface area contributed by atoms with Crippen LogP contribution in [0, 0.1) is 11.6 Å². The molecule has 3 aromatic carbocycles. The molecule has 0 unspecified atom stereocenters. The average Bonchev–Trinajstić information content (AvgIpc) is 2.94. The molecule has 2 heterocycles. The first-order valence-corrected chi connectivity index (χ1v) is 13.1. The quantitative estimate of drug-likeness (QED) is 0.441. The fourth-order valence-electron chi connectivity index (χ4n) is 4.88. The van der Waals surface area contributed by atoms with Gasteiger partial charge < -0.3 is 19.6 Å². The monoisotopic (exact) mass is 558 g/mol. The van der Waals surface area contributed by atoms with Crippen molar-refractivity contribution in [1.82, 2.24) is 9.80 Å². The molecule has 0 radical (unpaired) electrons. The van der Waals surface area contributed by atoms with Crippen molar-refractivity contribution in [3.8, 4) is 0 Å². The maximum Gasteiger partial charge on any atom is 0.254 e. The molecule has 0 atom stereocenters. The Morgan fingerprint density at radius 2 is 0.868 bits per heavy atom. The molecule has 6 nitrogen and oxygen atoms in total. The van der Waals surface area contributed by atoms with Gasteiger partial charge in [0.15, 0.2) is 0 Å². The summed E-state index contributed by atoms with van der Waals surface area (Å²) in [5.41, 5.74) is 2.23. The Hall–Kier alpha value is -3.36. The Bertz CT molecular complexity index is 1220. The molecule has 5 rings (SSSR count). The molecule has 3 aromatic rings. The van der Waals surface area contributed by atoms with Gasteiger partial charge in [-0.1, -0.05) is 23.2 Å². The zero-order valence-corrected chi connectivity index (χ0v) is 22.1. The van der Waals surface area contributed by atoms with E-state index in [1.807, 2.05) is 0 Å². The SMILES string of the molecule is O=C(c1cc(Cl)c(Cl)cc1C(=O)N1CCN(c2ccc(F)cc2)CC1)N1CCN(c2ccc(F)cc2)CC1. The third-order valence-corrected chi connectivity index (χ3v) is 7.76. The number of nitrogens with zero attached hydrogens (tertiary/aromatic N) is 4. The molecule has 0 aromatic heterocycles. The van der Waals surface area contributed by atoms with Crippen LogP contribution in [0.4, 0.5) is 20.2 Å². The Balaban J connectivity index is 1.28. The standard InChI is InChI=1S/C28H26Cl2F2N4O2/c29-25-17-23(27(37)35-13-9-33(10-14-35)21-5-1-19(31)2-6-21)24(18-26(25)30)28(38)36-15-11-34(12-16-36)22-7-3-20(32)4-8-22/h1-8,17-18H,9-16H2. The van der Waals surface area contributed by atoms with Crippen molar-refractivity contribution >= 4 is 46.4 Å². The molecule has 0 spiro atoms. The fourth-order valence-corrected chi connectivity index (χ4v) is 5.21. The molecular formula is C28H26Cl2F2N4O2. The summed E-state index contributed by atoms with van der Waals surface area (Å²) in [6.45, 7) is 4.09. The van der Waals surface area contributed by atoms with Gasteiger partial charge in [0.25, 0.3) is 11.8 Å². The van der Waals surface area contributed by atoms with E-state index >= 15 is 0 Å². The number of carbonyl (C=O) groups is 2. The summed E-state index contributed by atoms with van der Waals surface area (Å²) in [6.07, 6.45) is 0. The topological polar surface area (TPSA) is 47.1 Å². The van der Waals surface area contributed by atoms with Gasteiger partial charge in [-0.15, -0.1) is 0 Å². The number of hydrogen-bond donors (Lipinski definition) is 0. The number of piperazine rings is 2. The summed E-state index contributed by atoms with van der Waals surface area (Å²) in [5.74, 6) is -1.15. The number of anilines is 2. The summed E-state index contributed by atoms with van der Waals surface area (Å²) in [4.78, 5) is 34.7. The molecule has 2 fully saturated rings. The molecule has 2 amide bonds. The Labute approximate surface area is 229 Å². The van der Waals surface area contributed by atoms with Crippen LogP contribution in [0.15, 0.2) is 60.7 Å². The highest BCUT2D eigenvalue weighted by molar-refractivity contribution is 6.42. The molecule has 0 bridgehead atoms. The summed E-state index contributed by atoms with van der Waals surface area (Å²) < 4.78 is 26.6. The van der Waals surface area contributed by atoms with Gasteiger partial charge in [0.1, 0.15) is 11.6 Å². The van der Waals surface area contributed by atoms with Gasteiger partial charge in [0.2, 0.25) is 0 Å². The van der Waals surface area contributed by atoms with Crippen molar-refractivity contribution in [2.45, 2.75) is 0 Å². The van der Waals surface area contributed by atoms with E-state index in [1.165, 1.54) is 36.4 Å². The molecule has 2 aliphatic heterocycles. The zero-order valence-electron chi connectivity index (χ0n) is 20.5. The van der Waals surface area contributed by atoms with Crippen molar-refractivity contribution in [3.05, 3.63) is 93.5 Å². The smallest absolute Gasteiger partial charge is 0.254 e. The van der Waals surface area contributed by atoms with Crippen LogP contribution in [0.2, 0.25) is 10.0 Å². The van der Waals surface area contributed by atoms with Gasteiger partial charge in [-0.3, -0.25) is 9.59 Å². The number of carbonyl (C=O) groups excluding carboxylic acids is 2. The van der Waals surface area contributed by atoms with Gasteiger partial charge in [-0.25, -0.2) is 8.78 Å². The lowest BCUT2D eigenvalue weighted by Gasteiger charge is -2.37. The summed E-state index contributed by atoms with van der Waals surface area (Å²) >= 11 is 12.5. The minimum atomic E-state index is -0.295. The fraction of sp³-hybridized carbons (Fsp3) is 0.286. The zero-order chi connectivity index (χ0) is 26.8. The molecule has 0 aliphatic carbocycles. The number of benzene rings is 3. The molecule has 2 saturated heterocycles. The van der Waals surface area contributed by atoms with E-state index in [0.29, 0.717) is 52.4 Å². The highest BCUT2D eigenvalue weighted by Gasteiger charge is 2.30. The molecule has 0 N–H and O–H groups in total. The van der Waals surface area contributed by atoms with Crippen LogP contribution < -0.4 is 9.80 Å². The predicted molar refractivity (Wildman–Crippen MR) is 145 cm³/mol. The molecule has 38 heavy (non-hydrogen) atoms. The Morgan fingerprint density at radius 3 is 1.18 bits per heavy atom. The van der Waals surface area contributed by atoms with Crippen molar-refractivity contribution in [3.63, 3.8) is 0 Å². The van der Waals surface area contributed by atoms with Crippen LogP contribution in [-0.2, 0) is 0 Å². The first-order valence-electron chi connectivity index (χ1n) is 12.4. The van der Waals surface area contributed by atoms with E-state index in [4.69, 9.17) is 23.2 Å². The van der Waals surface area contributed by atoms with Gasteiger partial charge in [-0.05, 0) is 60.7 Å². The van der Waals surface area contributed by atoms with E-state index in [2.05, 4.69) is 9.80 Å².